The zero-order valence-corrected chi connectivity index (χ0v) is 17.2. The van der Waals surface area contributed by atoms with Gasteiger partial charge in [-0.1, -0.05) is 18.2 Å². The standard InChI is InChI=1S/C18H14BrNO5S2/c1-11-4-2-3-5-15(11)25-12-6-7-13(18(21)22)14(10-12)20-27(23,24)17-9-8-16(19)26-17/h2-10,20H,1H3,(H,21,22). The lowest BCUT2D eigenvalue weighted by Gasteiger charge is -2.13. The van der Waals surface area contributed by atoms with Gasteiger partial charge >= 0.3 is 5.97 Å². The average molecular weight is 468 g/mol. The van der Waals surface area contributed by atoms with Crippen molar-refractivity contribution in [3.8, 4) is 11.5 Å². The highest BCUT2D eigenvalue weighted by atomic mass is 79.9. The molecule has 0 bridgehead atoms. The van der Waals surface area contributed by atoms with Crippen LogP contribution in [-0.2, 0) is 10.0 Å². The minimum Gasteiger partial charge on any atom is -0.478 e. The number of para-hydroxylation sites is 1. The summed E-state index contributed by atoms with van der Waals surface area (Å²) in [6.07, 6.45) is 0. The van der Waals surface area contributed by atoms with Crippen LogP contribution in [0.4, 0.5) is 5.69 Å². The van der Waals surface area contributed by atoms with Crippen molar-refractivity contribution in [3.63, 3.8) is 0 Å². The molecule has 0 spiro atoms. The van der Waals surface area contributed by atoms with E-state index in [2.05, 4.69) is 20.7 Å². The Labute approximate surface area is 168 Å². The lowest BCUT2D eigenvalue weighted by atomic mass is 10.1. The number of thiophene rings is 1. The third-order valence-corrected chi connectivity index (χ3v) is 7.08. The van der Waals surface area contributed by atoms with E-state index in [9.17, 15) is 18.3 Å². The van der Waals surface area contributed by atoms with E-state index in [4.69, 9.17) is 4.74 Å². The van der Waals surface area contributed by atoms with E-state index >= 15 is 0 Å². The Morgan fingerprint density at radius 2 is 1.89 bits per heavy atom. The van der Waals surface area contributed by atoms with E-state index in [0.717, 1.165) is 16.9 Å². The number of benzene rings is 2. The van der Waals surface area contributed by atoms with Crippen LogP contribution in [0.5, 0.6) is 11.5 Å². The molecule has 3 rings (SSSR count). The molecule has 27 heavy (non-hydrogen) atoms. The predicted molar refractivity (Wildman–Crippen MR) is 107 cm³/mol. The maximum Gasteiger partial charge on any atom is 0.337 e. The Hall–Kier alpha value is -2.36. The molecule has 0 amide bonds. The fourth-order valence-corrected chi connectivity index (χ4v) is 5.37. The van der Waals surface area contributed by atoms with Gasteiger partial charge in [0.05, 0.1) is 15.0 Å². The summed E-state index contributed by atoms with van der Waals surface area (Å²) in [5, 5.41) is 9.38. The Morgan fingerprint density at radius 3 is 2.52 bits per heavy atom. The number of sulfonamides is 1. The number of carboxylic acids is 1. The highest BCUT2D eigenvalue weighted by Gasteiger charge is 2.21. The Bertz CT molecular complexity index is 1110. The number of ether oxygens (including phenoxy) is 1. The number of aromatic carboxylic acids is 1. The van der Waals surface area contributed by atoms with Gasteiger partial charge in [-0.15, -0.1) is 11.3 Å². The maximum absolute atomic E-state index is 12.6. The first-order valence-electron chi connectivity index (χ1n) is 7.65. The van der Waals surface area contributed by atoms with Crippen LogP contribution >= 0.6 is 27.3 Å². The van der Waals surface area contributed by atoms with E-state index in [1.54, 1.807) is 12.1 Å². The lowest BCUT2D eigenvalue weighted by Crippen LogP contribution is -2.14. The van der Waals surface area contributed by atoms with Crippen molar-refractivity contribution in [1.29, 1.82) is 0 Å². The van der Waals surface area contributed by atoms with Crippen LogP contribution < -0.4 is 9.46 Å². The molecule has 1 heterocycles. The molecule has 140 valence electrons. The van der Waals surface area contributed by atoms with E-state index in [-0.39, 0.29) is 15.5 Å². The van der Waals surface area contributed by atoms with Gasteiger partial charge in [0.25, 0.3) is 10.0 Å². The quantitative estimate of drug-likeness (QED) is 0.525. The van der Waals surface area contributed by atoms with Gasteiger partial charge in [0.1, 0.15) is 15.7 Å². The summed E-state index contributed by atoms with van der Waals surface area (Å²) in [6, 6.07) is 14.5. The summed E-state index contributed by atoms with van der Waals surface area (Å²) in [7, 11) is -3.93. The second kappa shape index (κ2) is 7.71. The second-order valence-electron chi connectivity index (χ2n) is 5.54. The van der Waals surface area contributed by atoms with Crippen molar-refractivity contribution in [2.75, 3.05) is 4.72 Å². The zero-order valence-electron chi connectivity index (χ0n) is 14.0. The molecule has 0 unspecified atom stereocenters. The van der Waals surface area contributed by atoms with Gasteiger partial charge in [-0.05, 0) is 58.7 Å². The van der Waals surface area contributed by atoms with Crippen LogP contribution in [0.15, 0.2) is 62.6 Å². The lowest BCUT2D eigenvalue weighted by molar-refractivity contribution is 0.0698. The van der Waals surface area contributed by atoms with Gasteiger partial charge in [0.2, 0.25) is 0 Å². The van der Waals surface area contributed by atoms with Crippen LogP contribution in [0.2, 0.25) is 0 Å². The van der Waals surface area contributed by atoms with Crippen LogP contribution in [0.25, 0.3) is 0 Å². The van der Waals surface area contributed by atoms with Crippen molar-refractivity contribution in [2.24, 2.45) is 0 Å². The molecule has 0 saturated carbocycles. The van der Waals surface area contributed by atoms with Crippen LogP contribution in [-0.4, -0.2) is 19.5 Å². The summed E-state index contributed by atoms with van der Waals surface area (Å²) in [5.74, 6) is -0.335. The molecule has 9 heteroatoms. The first-order chi connectivity index (χ1) is 12.8. The molecule has 2 N–H and O–H groups in total. The van der Waals surface area contributed by atoms with Crippen molar-refractivity contribution in [3.05, 3.63) is 69.5 Å². The third kappa shape index (κ3) is 4.49. The second-order valence-corrected chi connectivity index (χ2v) is 9.92. The monoisotopic (exact) mass is 467 g/mol. The van der Waals surface area contributed by atoms with Gasteiger partial charge in [-0.3, -0.25) is 4.72 Å². The van der Waals surface area contributed by atoms with Crippen LogP contribution in [0.3, 0.4) is 0 Å². The smallest absolute Gasteiger partial charge is 0.337 e. The van der Waals surface area contributed by atoms with Crippen LogP contribution in [0, 0.1) is 6.92 Å². The highest BCUT2D eigenvalue weighted by molar-refractivity contribution is 9.11. The van der Waals surface area contributed by atoms with Crippen molar-refractivity contribution < 1.29 is 23.1 Å². The minimum absolute atomic E-state index is 0.0657. The van der Waals surface area contributed by atoms with Gasteiger partial charge in [0.15, 0.2) is 0 Å². The van der Waals surface area contributed by atoms with E-state index in [0.29, 0.717) is 15.3 Å². The topological polar surface area (TPSA) is 92.7 Å². The van der Waals surface area contributed by atoms with Crippen molar-refractivity contribution in [2.45, 2.75) is 11.1 Å². The molecule has 0 aliphatic carbocycles. The average Bonchev–Trinajstić information content (AvgIpc) is 3.04. The number of carboxylic acid groups (broad SMARTS) is 1. The normalized spacial score (nSPS) is 11.2. The summed E-state index contributed by atoms with van der Waals surface area (Å²) < 4.78 is 33.9. The van der Waals surface area contributed by atoms with Crippen LogP contribution in [0.1, 0.15) is 15.9 Å². The number of nitrogens with one attached hydrogen (secondary N) is 1. The molecular weight excluding hydrogens is 454 g/mol. The molecule has 3 aromatic rings. The SMILES string of the molecule is Cc1ccccc1Oc1ccc(C(=O)O)c(NS(=O)(=O)c2ccc(Br)s2)c1. The number of rotatable bonds is 6. The number of hydrogen-bond acceptors (Lipinski definition) is 5. The van der Waals surface area contributed by atoms with Gasteiger partial charge in [-0.2, -0.15) is 0 Å². The summed E-state index contributed by atoms with van der Waals surface area (Å²) in [4.78, 5) is 11.5. The molecule has 1 aromatic heterocycles. The minimum atomic E-state index is -3.93. The molecule has 0 atom stereocenters. The van der Waals surface area contributed by atoms with Gasteiger partial charge < -0.3 is 9.84 Å². The molecule has 0 aliphatic rings. The molecule has 0 aliphatic heterocycles. The molecule has 6 nitrogen and oxygen atoms in total. The summed E-state index contributed by atoms with van der Waals surface area (Å²) in [5.41, 5.74) is 0.648. The van der Waals surface area contributed by atoms with E-state index in [1.165, 1.54) is 24.3 Å². The molecule has 0 radical (unpaired) electrons. The fourth-order valence-electron chi connectivity index (χ4n) is 2.29. The number of aryl methyl sites for hydroxylation is 1. The summed E-state index contributed by atoms with van der Waals surface area (Å²) in [6.45, 7) is 1.87. The van der Waals surface area contributed by atoms with Crippen molar-refractivity contribution >= 4 is 48.9 Å². The number of anilines is 1. The van der Waals surface area contributed by atoms with Gasteiger partial charge in [-0.25, -0.2) is 13.2 Å². The predicted octanol–water partition coefficient (Wildman–Crippen LogP) is 5.11. The van der Waals surface area contributed by atoms with Gasteiger partial charge in [0, 0.05) is 6.07 Å². The number of carbonyl (C=O) groups is 1. The highest BCUT2D eigenvalue weighted by Crippen LogP contribution is 2.32. The largest absolute Gasteiger partial charge is 0.478 e. The van der Waals surface area contributed by atoms with E-state index in [1.807, 2.05) is 25.1 Å². The fraction of sp³-hybridized carbons (Fsp3) is 0.0556. The Kier molecular flexibility index (Phi) is 5.54. The third-order valence-electron chi connectivity index (χ3n) is 3.60. The molecule has 0 saturated heterocycles. The molecule has 0 fully saturated rings. The Morgan fingerprint density at radius 1 is 1.15 bits per heavy atom. The maximum atomic E-state index is 12.6. The number of hydrogen-bond donors (Lipinski definition) is 2. The molecule has 2 aromatic carbocycles. The first-order valence-corrected chi connectivity index (χ1v) is 10.7. The van der Waals surface area contributed by atoms with E-state index < -0.39 is 16.0 Å². The summed E-state index contributed by atoms with van der Waals surface area (Å²) >= 11 is 4.24. The van der Waals surface area contributed by atoms with Crippen molar-refractivity contribution in [1.82, 2.24) is 0 Å². The zero-order chi connectivity index (χ0) is 19.6. The Balaban J connectivity index is 1.97. The first kappa shape index (κ1) is 19.4. The molecular formula is C18H14BrNO5S2. The number of halogens is 1.